The number of ether oxygens (including phenoxy) is 1. The van der Waals surface area contributed by atoms with Gasteiger partial charge in [0.1, 0.15) is 12.3 Å². The molecule has 26 heavy (non-hydrogen) atoms. The minimum Gasteiger partial charge on any atom is -0.489 e. The summed E-state index contributed by atoms with van der Waals surface area (Å²) in [5.74, 6) is 0.216. The van der Waals surface area contributed by atoms with Crippen LogP contribution in [-0.4, -0.2) is 29.4 Å². The van der Waals surface area contributed by atoms with E-state index >= 15 is 0 Å². The molecule has 2 amide bonds. The van der Waals surface area contributed by atoms with Crippen molar-refractivity contribution in [3.8, 4) is 5.75 Å². The van der Waals surface area contributed by atoms with Crippen LogP contribution < -0.4 is 10.1 Å². The van der Waals surface area contributed by atoms with Crippen LogP contribution in [0.5, 0.6) is 5.75 Å². The van der Waals surface area contributed by atoms with E-state index in [9.17, 15) is 9.59 Å². The minimum absolute atomic E-state index is 0.00262. The Bertz CT molecular complexity index is 771. The number of nitrogens with one attached hydrogen (secondary N) is 1. The summed E-state index contributed by atoms with van der Waals surface area (Å²) in [5, 5.41) is 2.84. The smallest absolute Gasteiger partial charge is 0.244 e. The number of benzene rings is 2. The number of anilines is 1. The van der Waals surface area contributed by atoms with Crippen molar-refractivity contribution in [3.63, 3.8) is 0 Å². The molecule has 0 spiro atoms. The van der Waals surface area contributed by atoms with Gasteiger partial charge in [-0.2, -0.15) is 0 Å². The highest BCUT2D eigenvalue weighted by Gasteiger charge is 2.16. The number of rotatable bonds is 7. The monoisotopic (exact) mass is 354 g/mol. The number of carbonyl (C=O) groups is 2. The Morgan fingerprint density at radius 2 is 1.73 bits per heavy atom. The largest absolute Gasteiger partial charge is 0.489 e. The lowest BCUT2D eigenvalue weighted by atomic mass is 10.1. The Labute approximate surface area is 155 Å². The summed E-state index contributed by atoms with van der Waals surface area (Å²) < 4.78 is 5.71. The molecular weight excluding hydrogens is 328 g/mol. The summed E-state index contributed by atoms with van der Waals surface area (Å²) in [6.07, 6.45) is 0.00262. The molecule has 0 fully saturated rings. The molecule has 5 heteroatoms. The van der Waals surface area contributed by atoms with Crippen molar-refractivity contribution in [3.05, 3.63) is 59.7 Å². The second-order valence-corrected chi connectivity index (χ2v) is 6.51. The lowest BCUT2D eigenvalue weighted by molar-refractivity contribution is -0.133. The van der Waals surface area contributed by atoms with Gasteiger partial charge in [-0.25, -0.2) is 0 Å². The summed E-state index contributed by atoms with van der Waals surface area (Å²) in [7, 11) is 0. The fourth-order valence-electron chi connectivity index (χ4n) is 2.56. The van der Waals surface area contributed by atoms with E-state index < -0.39 is 0 Å². The van der Waals surface area contributed by atoms with Gasteiger partial charge in [-0.15, -0.1) is 0 Å². The number of hydrogen-bond donors (Lipinski definition) is 1. The number of aryl methyl sites for hydroxylation is 1. The van der Waals surface area contributed by atoms with E-state index in [0.717, 1.165) is 11.1 Å². The highest BCUT2D eigenvalue weighted by molar-refractivity contribution is 5.95. The van der Waals surface area contributed by atoms with Crippen LogP contribution in [0.25, 0.3) is 0 Å². The molecule has 0 saturated carbocycles. The number of hydrogen-bond acceptors (Lipinski definition) is 3. The lowest BCUT2D eigenvalue weighted by Gasteiger charge is -2.22. The topological polar surface area (TPSA) is 58.6 Å². The molecule has 0 bridgehead atoms. The molecule has 0 saturated heterocycles. The third kappa shape index (κ3) is 5.62. The predicted octanol–water partition coefficient (Wildman–Crippen LogP) is 3.77. The summed E-state index contributed by atoms with van der Waals surface area (Å²) in [6, 6.07) is 15.1. The van der Waals surface area contributed by atoms with E-state index in [0.29, 0.717) is 18.0 Å². The molecule has 0 radical (unpaired) electrons. The van der Waals surface area contributed by atoms with Gasteiger partial charge in [0.25, 0.3) is 0 Å². The van der Waals surface area contributed by atoms with Crippen molar-refractivity contribution in [1.29, 1.82) is 0 Å². The third-order valence-electron chi connectivity index (χ3n) is 3.93. The summed E-state index contributed by atoms with van der Waals surface area (Å²) in [4.78, 5) is 26.0. The molecule has 2 rings (SSSR count). The first-order valence-corrected chi connectivity index (χ1v) is 8.72. The number of amides is 2. The molecule has 2 aromatic rings. The van der Waals surface area contributed by atoms with Gasteiger partial charge in [-0.3, -0.25) is 9.59 Å². The van der Waals surface area contributed by atoms with Crippen LogP contribution in [0.4, 0.5) is 5.69 Å². The first-order valence-electron chi connectivity index (χ1n) is 8.72. The van der Waals surface area contributed by atoms with Crippen molar-refractivity contribution in [2.75, 3.05) is 11.9 Å². The fourth-order valence-corrected chi connectivity index (χ4v) is 2.56. The van der Waals surface area contributed by atoms with E-state index in [-0.39, 0.29) is 24.5 Å². The molecular formula is C21H26N2O3. The second kappa shape index (κ2) is 9.04. The summed E-state index contributed by atoms with van der Waals surface area (Å²) in [5.41, 5.74) is 2.72. The van der Waals surface area contributed by atoms with Gasteiger partial charge in [0, 0.05) is 13.5 Å². The van der Waals surface area contributed by atoms with Crippen LogP contribution in [0.15, 0.2) is 48.5 Å². The summed E-state index contributed by atoms with van der Waals surface area (Å²) in [6.45, 7) is 7.71. The zero-order valence-corrected chi connectivity index (χ0v) is 15.8. The number of nitrogens with zero attached hydrogens (tertiary/aromatic N) is 1. The van der Waals surface area contributed by atoms with Crippen molar-refractivity contribution in [2.24, 2.45) is 0 Å². The van der Waals surface area contributed by atoms with Gasteiger partial charge in [-0.05, 0) is 44.0 Å². The molecule has 0 unspecified atom stereocenters. The normalized spacial score (nSPS) is 10.5. The van der Waals surface area contributed by atoms with E-state index in [2.05, 4.69) is 5.32 Å². The molecule has 0 atom stereocenters. The molecule has 0 aromatic heterocycles. The molecule has 5 nitrogen and oxygen atoms in total. The molecule has 138 valence electrons. The van der Waals surface area contributed by atoms with E-state index in [1.54, 1.807) is 6.07 Å². The van der Waals surface area contributed by atoms with Gasteiger partial charge in [-0.1, -0.05) is 36.4 Å². The van der Waals surface area contributed by atoms with Crippen LogP contribution >= 0.6 is 0 Å². The Morgan fingerprint density at radius 3 is 2.38 bits per heavy atom. The third-order valence-corrected chi connectivity index (χ3v) is 3.93. The molecule has 0 aliphatic carbocycles. The van der Waals surface area contributed by atoms with Gasteiger partial charge in [0.05, 0.1) is 11.8 Å². The number of carbonyl (C=O) groups excluding carboxylic acids is 2. The van der Waals surface area contributed by atoms with Crippen molar-refractivity contribution < 1.29 is 14.3 Å². The Balaban J connectivity index is 2.07. The van der Waals surface area contributed by atoms with E-state index in [1.807, 2.05) is 63.2 Å². The molecule has 2 aromatic carbocycles. The maximum Gasteiger partial charge on any atom is 0.244 e. The maximum absolute atomic E-state index is 12.5. The van der Waals surface area contributed by atoms with Gasteiger partial charge in [0.2, 0.25) is 11.8 Å². The first kappa shape index (κ1) is 19.5. The predicted molar refractivity (Wildman–Crippen MR) is 103 cm³/mol. The first-order chi connectivity index (χ1) is 12.4. The molecule has 0 aliphatic heterocycles. The van der Waals surface area contributed by atoms with Crippen LogP contribution in [0.3, 0.4) is 0 Å². The van der Waals surface area contributed by atoms with Crippen molar-refractivity contribution >= 4 is 17.5 Å². The summed E-state index contributed by atoms with van der Waals surface area (Å²) >= 11 is 0. The average Bonchev–Trinajstić information content (AvgIpc) is 2.57. The second-order valence-electron chi connectivity index (χ2n) is 6.51. The zero-order valence-electron chi connectivity index (χ0n) is 15.8. The van der Waals surface area contributed by atoms with Gasteiger partial charge >= 0.3 is 0 Å². The standard InChI is InChI=1S/C21H26N2O3/c1-15(2)26-20-12-8-7-11-19(20)22-21(25)14-23(17(4)24)13-18-10-6-5-9-16(18)3/h5-12,15H,13-14H2,1-4H3,(H,22,25). The lowest BCUT2D eigenvalue weighted by Crippen LogP contribution is -2.36. The number of para-hydroxylation sites is 2. The Morgan fingerprint density at radius 1 is 1.08 bits per heavy atom. The zero-order chi connectivity index (χ0) is 19.1. The molecule has 0 aliphatic rings. The molecule has 1 N–H and O–H groups in total. The minimum atomic E-state index is -0.256. The van der Waals surface area contributed by atoms with Crippen LogP contribution in [0, 0.1) is 6.92 Å². The highest BCUT2D eigenvalue weighted by atomic mass is 16.5. The van der Waals surface area contributed by atoms with Crippen LogP contribution in [0.1, 0.15) is 31.9 Å². The van der Waals surface area contributed by atoms with Crippen LogP contribution in [-0.2, 0) is 16.1 Å². The highest BCUT2D eigenvalue weighted by Crippen LogP contribution is 2.24. The quantitative estimate of drug-likeness (QED) is 0.823. The van der Waals surface area contributed by atoms with Crippen molar-refractivity contribution in [1.82, 2.24) is 4.90 Å². The van der Waals surface area contributed by atoms with E-state index in [4.69, 9.17) is 4.74 Å². The maximum atomic E-state index is 12.5. The SMILES string of the molecule is CC(=O)N(CC(=O)Nc1ccccc1OC(C)C)Cc1ccccc1C. The van der Waals surface area contributed by atoms with E-state index in [1.165, 1.54) is 11.8 Å². The van der Waals surface area contributed by atoms with Gasteiger partial charge < -0.3 is 15.0 Å². The fraction of sp³-hybridized carbons (Fsp3) is 0.333. The van der Waals surface area contributed by atoms with Crippen molar-refractivity contribution in [2.45, 2.75) is 40.3 Å². The van der Waals surface area contributed by atoms with Gasteiger partial charge in [0.15, 0.2) is 0 Å². The van der Waals surface area contributed by atoms with Crippen LogP contribution in [0.2, 0.25) is 0 Å². The Kier molecular flexibility index (Phi) is 6.78. The average molecular weight is 354 g/mol. The molecule has 0 heterocycles. The Hall–Kier alpha value is -2.82.